The van der Waals surface area contributed by atoms with E-state index in [2.05, 4.69) is 15.9 Å². The predicted octanol–water partition coefficient (Wildman–Crippen LogP) is 4.64. The van der Waals surface area contributed by atoms with Gasteiger partial charge in [-0.1, -0.05) is 19.3 Å². The molecule has 0 aliphatic heterocycles. The zero-order chi connectivity index (χ0) is 15.7. The van der Waals surface area contributed by atoms with Crippen molar-refractivity contribution in [3.8, 4) is 5.75 Å². The fourth-order valence-corrected chi connectivity index (χ4v) is 3.70. The van der Waals surface area contributed by atoms with E-state index in [4.69, 9.17) is 10.5 Å². The summed E-state index contributed by atoms with van der Waals surface area (Å²) in [5.41, 5.74) is 4.97. The highest BCUT2D eigenvalue weighted by molar-refractivity contribution is 9.10. The number of ether oxygens (including phenoxy) is 1. The average molecular weight is 366 g/mol. The Hall–Kier alpha value is -0.750. The van der Waals surface area contributed by atoms with Crippen molar-refractivity contribution >= 4 is 15.9 Å². The molecule has 0 radical (unpaired) electrons. The molecule has 0 heterocycles. The summed E-state index contributed by atoms with van der Waals surface area (Å²) in [6, 6.07) is 2.62. The lowest BCUT2D eigenvalue weighted by Gasteiger charge is -2.38. The molecule has 1 aliphatic rings. The lowest BCUT2D eigenvalue weighted by Crippen LogP contribution is -2.39. The molecule has 2 rings (SSSR count). The highest BCUT2D eigenvalue weighted by Gasteiger charge is 2.42. The summed E-state index contributed by atoms with van der Waals surface area (Å²) in [7, 11) is 1.36. The molecule has 21 heavy (non-hydrogen) atoms. The highest BCUT2D eigenvalue weighted by atomic mass is 79.9. The Labute approximate surface area is 131 Å². The number of rotatable bonds is 3. The third kappa shape index (κ3) is 3.21. The van der Waals surface area contributed by atoms with E-state index in [1.54, 1.807) is 6.07 Å². The second kappa shape index (κ2) is 6.16. The third-order valence-corrected chi connectivity index (χ3v) is 4.99. The van der Waals surface area contributed by atoms with Crippen molar-refractivity contribution in [1.82, 2.24) is 0 Å². The van der Waals surface area contributed by atoms with E-state index in [0.717, 1.165) is 25.3 Å². The van der Waals surface area contributed by atoms with Crippen molar-refractivity contribution in [3.05, 3.63) is 27.7 Å². The number of methoxy groups -OCH3 is 1. The zero-order valence-electron chi connectivity index (χ0n) is 11.9. The molecule has 0 amide bonds. The van der Waals surface area contributed by atoms with Crippen molar-refractivity contribution in [2.45, 2.75) is 43.7 Å². The van der Waals surface area contributed by atoms with Gasteiger partial charge in [-0.15, -0.1) is 0 Å². The molecule has 0 saturated heterocycles. The van der Waals surface area contributed by atoms with Crippen molar-refractivity contribution in [1.29, 1.82) is 0 Å². The van der Waals surface area contributed by atoms with E-state index in [1.807, 2.05) is 0 Å². The number of hydrogen-bond donors (Lipinski definition) is 1. The molecule has 0 aromatic heterocycles. The van der Waals surface area contributed by atoms with Crippen LogP contribution in [0.4, 0.5) is 13.2 Å². The van der Waals surface area contributed by atoms with Crippen molar-refractivity contribution in [3.63, 3.8) is 0 Å². The molecule has 1 aromatic carbocycles. The molecule has 1 saturated carbocycles. The molecule has 1 aromatic rings. The first kappa shape index (κ1) is 16.6. The number of nitrogens with two attached hydrogens (primary N) is 1. The number of benzene rings is 1. The molecule has 0 spiro atoms. The summed E-state index contributed by atoms with van der Waals surface area (Å²) in [5, 5.41) is 0. The first-order chi connectivity index (χ1) is 9.84. The zero-order valence-corrected chi connectivity index (χ0v) is 13.5. The molecule has 118 valence electrons. The first-order valence-corrected chi connectivity index (χ1v) is 7.78. The minimum Gasteiger partial charge on any atom is -0.496 e. The molecule has 0 bridgehead atoms. The minimum absolute atomic E-state index is 0.189. The van der Waals surface area contributed by atoms with E-state index in [9.17, 15) is 13.2 Å². The molecular weight excluding hydrogens is 347 g/mol. The van der Waals surface area contributed by atoms with Crippen LogP contribution in [0, 0.1) is 0 Å². The standard InChI is InChI=1S/C15H19BrF3NO/c1-21-13-8-11(15(17,18)19)10(7-12(13)16)14(9-20)5-3-2-4-6-14/h7-8H,2-6,9,20H2,1H3. The van der Waals surface area contributed by atoms with Crippen LogP contribution in [0.25, 0.3) is 0 Å². The second-order valence-electron chi connectivity index (χ2n) is 5.58. The quantitative estimate of drug-likeness (QED) is 0.846. The fourth-order valence-electron chi connectivity index (χ4n) is 3.20. The maximum Gasteiger partial charge on any atom is 0.416 e. The third-order valence-electron chi connectivity index (χ3n) is 4.37. The average Bonchev–Trinajstić information content (AvgIpc) is 2.46. The van der Waals surface area contributed by atoms with Gasteiger partial charge in [0.15, 0.2) is 0 Å². The summed E-state index contributed by atoms with van der Waals surface area (Å²) in [6.07, 6.45) is -0.129. The molecular formula is C15H19BrF3NO. The van der Waals surface area contributed by atoms with Gasteiger partial charge in [-0.3, -0.25) is 0 Å². The molecule has 0 atom stereocenters. The number of alkyl halides is 3. The van der Waals surface area contributed by atoms with Gasteiger partial charge in [0.25, 0.3) is 0 Å². The van der Waals surface area contributed by atoms with Crippen LogP contribution >= 0.6 is 15.9 Å². The lowest BCUT2D eigenvalue weighted by molar-refractivity contribution is -0.139. The summed E-state index contributed by atoms with van der Waals surface area (Å²) in [4.78, 5) is 0. The van der Waals surface area contributed by atoms with Gasteiger partial charge in [-0.25, -0.2) is 0 Å². The largest absolute Gasteiger partial charge is 0.496 e. The van der Waals surface area contributed by atoms with Crippen LogP contribution in [0.15, 0.2) is 16.6 Å². The Bertz CT molecular complexity index is 510. The molecule has 0 unspecified atom stereocenters. The van der Waals surface area contributed by atoms with E-state index in [1.165, 1.54) is 7.11 Å². The molecule has 6 heteroatoms. The van der Waals surface area contributed by atoms with Crippen LogP contribution in [0.3, 0.4) is 0 Å². The van der Waals surface area contributed by atoms with Crippen LogP contribution in [-0.4, -0.2) is 13.7 Å². The SMILES string of the molecule is COc1cc(C(F)(F)F)c(C2(CN)CCCCC2)cc1Br. The Balaban J connectivity index is 2.62. The fraction of sp³-hybridized carbons (Fsp3) is 0.600. The van der Waals surface area contributed by atoms with Crippen molar-refractivity contribution < 1.29 is 17.9 Å². The van der Waals surface area contributed by atoms with Crippen LogP contribution in [0.5, 0.6) is 5.75 Å². The summed E-state index contributed by atoms with van der Waals surface area (Å²) < 4.78 is 45.9. The molecule has 2 N–H and O–H groups in total. The maximum atomic E-state index is 13.4. The summed E-state index contributed by atoms with van der Waals surface area (Å²) >= 11 is 3.30. The van der Waals surface area contributed by atoms with E-state index in [0.29, 0.717) is 22.9 Å². The Morgan fingerprint density at radius 1 is 1.24 bits per heavy atom. The van der Waals surface area contributed by atoms with Crippen LogP contribution in [0.1, 0.15) is 43.2 Å². The number of halogens is 4. The maximum absolute atomic E-state index is 13.4. The van der Waals surface area contributed by atoms with Gasteiger partial charge in [0.2, 0.25) is 0 Å². The predicted molar refractivity (Wildman–Crippen MR) is 79.5 cm³/mol. The van der Waals surface area contributed by atoms with Gasteiger partial charge >= 0.3 is 6.18 Å². The van der Waals surface area contributed by atoms with E-state index >= 15 is 0 Å². The van der Waals surface area contributed by atoms with Crippen LogP contribution < -0.4 is 10.5 Å². The Kier molecular flexibility index (Phi) is 4.88. The minimum atomic E-state index is -4.41. The smallest absolute Gasteiger partial charge is 0.416 e. The van der Waals surface area contributed by atoms with Crippen LogP contribution in [-0.2, 0) is 11.6 Å². The molecule has 2 nitrogen and oxygen atoms in total. The van der Waals surface area contributed by atoms with E-state index in [-0.39, 0.29) is 12.3 Å². The van der Waals surface area contributed by atoms with E-state index < -0.39 is 17.2 Å². The molecule has 1 aliphatic carbocycles. The van der Waals surface area contributed by atoms with Gasteiger partial charge in [0, 0.05) is 12.0 Å². The van der Waals surface area contributed by atoms with Gasteiger partial charge in [0.05, 0.1) is 17.1 Å². The highest BCUT2D eigenvalue weighted by Crippen LogP contribution is 2.47. The lowest BCUT2D eigenvalue weighted by atomic mass is 9.68. The Morgan fingerprint density at radius 3 is 2.33 bits per heavy atom. The summed E-state index contributed by atoms with van der Waals surface area (Å²) in [6.45, 7) is 0.231. The van der Waals surface area contributed by atoms with Gasteiger partial charge < -0.3 is 10.5 Å². The normalized spacial score (nSPS) is 18.6. The topological polar surface area (TPSA) is 35.2 Å². The van der Waals surface area contributed by atoms with Crippen molar-refractivity contribution in [2.24, 2.45) is 5.73 Å². The van der Waals surface area contributed by atoms with Crippen LogP contribution in [0.2, 0.25) is 0 Å². The van der Waals surface area contributed by atoms with Gasteiger partial charge in [-0.05, 0) is 46.5 Å². The van der Waals surface area contributed by atoms with Gasteiger partial charge in [0.1, 0.15) is 5.75 Å². The Morgan fingerprint density at radius 2 is 1.86 bits per heavy atom. The monoisotopic (exact) mass is 365 g/mol. The van der Waals surface area contributed by atoms with Gasteiger partial charge in [-0.2, -0.15) is 13.2 Å². The molecule has 1 fully saturated rings. The summed E-state index contributed by atoms with van der Waals surface area (Å²) in [5.74, 6) is 0.189. The first-order valence-electron chi connectivity index (χ1n) is 6.99. The number of hydrogen-bond acceptors (Lipinski definition) is 2. The van der Waals surface area contributed by atoms with Crippen molar-refractivity contribution in [2.75, 3.05) is 13.7 Å². The second-order valence-corrected chi connectivity index (χ2v) is 6.43.